The average molecular weight is 535 g/mol. The standard InChI is InChI=1S/C21H24F3N3O2.HI/c1-2-25-20(26-13-15-5-3-8-18(28)11-15)27-9-10-29-19(14-27)16-6-4-7-17(12-16)21(22,23)24;/h3-8,11-12,19,28H,2,9-10,13-14H2,1H3,(H,25,26);1H. The van der Waals surface area contributed by atoms with Gasteiger partial charge >= 0.3 is 6.18 Å². The Morgan fingerprint density at radius 2 is 2.00 bits per heavy atom. The molecule has 2 aromatic rings. The van der Waals surface area contributed by atoms with Crippen molar-refractivity contribution in [1.82, 2.24) is 10.2 Å². The van der Waals surface area contributed by atoms with Gasteiger partial charge in [-0.05, 0) is 42.3 Å². The molecule has 1 aliphatic heterocycles. The Kier molecular flexibility index (Phi) is 8.78. The van der Waals surface area contributed by atoms with Gasteiger partial charge in [0.2, 0.25) is 0 Å². The van der Waals surface area contributed by atoms with Gasteiger partial charge in [0.25, 0.3) is 0 Å². The highest BCUT2D eigenvalue weighted by Crippen LogP contribution is 2.32. The second kappa shape index (κ2) is 10.9. The van der Waals surface area contributed by atoms with Crippen LogP contribution >= 0.6 is 24.0 Å². The summed E-state index contributed by atoms with van der Waals surface area (Å²) < 4.78 is 44.8. The SMILES string of the molecule is CCNC(=NCc1cccc(O)c1)N1CCOC(c2cccc(C(F)(F)F)c2)C1.I. The summed E-state index contributed by atoms with van der Waals surface area (Å²) in [5.41, 5.74) is 0.677. The second-order valence-electron chi connectivity index (χ2n) is 6.77. The van der Waals surface area contributed by atoms with Crippen molar-refractivity contribution < 1.29 is 23.0 Å². The van der Waals surface area contributed by atoms with Gasteiger partial charge in [-0.25, -0.2) is 4.99 Å². The minimum atomic E-state index is -4.39. The van der Waals surface area contributed by atoms with Crippen molar-refractivity contribution in [3.8, 4) is 5.75 Å². The van der Waals surface area contributed by atoms with Crippen LogP contribution in [0.4, 0.5) is 13.2 Å². The summed E-state index contributed by atoms with van der Waals surface area (Å²) in [5, 5.41) is 12.8. The largest absolute Gasteiger partial charge is 0.508 e. The van der Waals surface area contributed by atoms with E-state index >= 15 is 0 Å². The number of ether oxygens (including phenoxy) is 1. The van der Waals surface area contributed by atoms with Crippen molar-refractivity contribution in [1.29, 1.82) is 0 Å². The number of hydrogen-bond donors (Lipinski definition) is 2. The van der Waals surface area contributed by atoms with Gasteiger partial charge in [0.05, 0.1) is 25.3 Å². The van der Waals surface area contributed by atoms with Crippen LogP contribution in [0, 0.1) is 0 Å². The maximum absolute atomic E-state index is 13.0. The Morgan fingerprint density at radius 1 is 1.23 bits per heavy atom. The lowest BCUT2D eigenvalue weighted by atomic mass is 10.0. The number of aromatic hydroxyl groups is 1. The number of benzene rings is 2. The number of alkyl halides is 3. The Hall–Kier alpha value is -2.01. The third kappa shape index (κ3) is 6.49. The van der Waals surface area contributed by atoms with E-state index in [9.17, 15) is 18.3 Å². The molecule has 0 bridgehead atoms. The molecule has 1 fully saturated rings. The van der Waals surface area contributed by atoms with Crippen LogP contribution < -0.4 is 5.32 Å². The van der Waals surface area contributed by atoms with Crippen LogP contribution in [0.25, 0.3) is 0 Å². The van der Waals surface area contributed by atoms with Crippen molar-refractivity contribution in [3.05, 3.63) is 65.2 Å². The van der Waals surface area contributed by atoms with Gasteiger partial charge in [0, 0.05) is 13.1 Å². The Bertz CT molecular complexity index is 861. The van der Waals surface area contributed by atoms with Crippen LogP contribution in [-0.4, -0.2) is 42.2 Å². The molecule has 0 aliphatic carbocycles. The molecule has 1 heterocycles. The predicted molar refractivity (Wildman–Crippen MR) is 120 cm³/mol. The van der Waals surface area contributed by atoms with Gasteiger partial charge in [-0.3, -0.25) is 0 Å². The van der Waals surface area contributed by atoms with E-state index in [0.29, 0.717) is 44.3 Å². The molecule has 30 heavy (non-hydrogen) atoms. The summed E-state index contributed by atoms with van der Waals surface area (Å²) >= 11 is 0. The molecule has 1 aliphatic rings. The van der Waals surface area contributed by atoms with Gasteiger partial charge < -0.3 is 20.1 Å². The molecule has 0 spiro atoms. The number of aliphatic imine (C=N–C) groups is 1. The molecular formula is C21H25F3IN3O2. The molecule has 1 saturated heterocycles. The van der Waals surface area contributed by atoms with Crippen molar-refractivity contribution in [2.24, 2.45) is 4.99 Å². The monoisotopic (exact) mass is 535 g/mol. The first kappa shape index (κ1) is 24.3. The van der Waals surface area contributed by atoms with Crippen molar-refractivity contribution in [2.45, 2.75) is 25.7 Å². The minimum absolute atomic E-state index is 0. The van der Waals surface area contributed by atoms with E-state index in [2.05, 4.69) is 10.3 Å². The fourth-order valence-corrected chi connectivity index (χ4v) is 3.21. The Balaban J connectivity index is 0.00000320. The van der Waals surface area contributed by atoms with Gasteiger partial charge in [-0.2, -0.15) is 13.2 Å². The van der Waals surface area contributed by atoms with E-state index in [1.54, 1.807) is 24.3 Å². The third-order valence-corrected chi connectivity index (χ3v) is 4.61. The van der Waals surface area contributed by atoms with Gasteiger partial charge in [-0.1, -0.05) is 24.3 Å². The highest BCUT2D eigenvalue weighted by Gasteiger charge is 2.32. The van der Waals surface area contributed by atoms with E-state index in [1.165, 1.54) is 6.07 Å². The zero-order valence-corrected chi connectivity index (χ0v) is 18.9. The van der Waals surface area contributed by atoms with Crippen LogP contribution in [0.3, 0.4) is 0 Å². The molecular weight excluding hydrogens is 510 g/mol. The van der Waals surface area contributed by atoms with Crippen molar-refractivity contribution in [3.63, 3.8) is 0 Å². The van der Waals surface area contributed by atoms with Crippen LogP contribution in [0.5, 0.6) is 5.75 Å². The Morgan fingerprint density at radius 3 is 2.70 bits per heavy atom. The van der Waals surface area contributed by atoms with Gasteiger partial charge in [-0.15, -0.1) is 24.0 Å². The number of morpholine rings is 1. The summed E-state index contributed by atoms with van der Waals surface area (Å²) in [6, 6.07) is 12.1. The molecule has 1 atom stereocenters. The summed E-state index contributed by atoms with van der Waals surface area (Å²) in [4.78, 5) is 6.61. The number of guanidine groups is 1. The fourth-order valence-electron chi connectivity index (χ4n) is 3.21. The van der Waals surface area contributed by atoms with Crippen LogP contribution in [0.15, 0.2) is 53.5 Å². The molecule has 5 nitrogen and oxygen atoms in total. The van der Waals surface area contributed by atoms with E-state index in [0.717, 1.165) is 17.7 Å². The summed E-state index contributed by atoms with van der Waals surface area (Å²) in [6.45, 7) is 4.35. The third-order valence-electron chi connectivity index (χ3n) is 4.61. The highest BCUT2D eigenvalue weighted by molar-refractivity contribution is 14.0. The van der Waals surface area contributed by atoms with E-state index < -0.39 is 17.8 Å². The number of nitrogens with one attached hydrogen (secondary N) is 1. The molecule has 0 amide bonds. The van der Waals surface area contributed by atoms with E-state index in [-0.39, 0.29) is 29.7 Å². The number of rotatable bonds is 4. The normalized spacial score (nSPS) is 17.4. The van der Waals surface area contributed by atoms with Crippen LogP contribution in [0.1, 0.15) is 29.7 Å². The van der Waals surface area contributed by atoms with Gasteiger partial charge in [0.15, 0.2) is 5.96 Å². The maximum atomic E-state index is 13.0. The first-order chi connectivity index (χ1) is 13.9. The number of hydrogen-bond acceptors (Lipinski definition) is 3. The van der Waals surface area contributed by atoms with E-state index in [1.807, 2.05) is 17.9 Å². The molecule has 164 valence electrons. The maximum Gasteiger partial charge on any atom is 0.416 e. The summed E-state index contributed by atoms with van der Waals surface area (Å²) in [5.74, 6) is 0.842. The molecule has 0 radical (unpaired) electrons. The minimum Gasteiger partial charge on any atom is -0.508 e. The van der Waals surface area contributed by atoms with Crippen LogP contribution in [-0.2, 0) is 17.5 Å². The number of phenols is 1. The molecule has 2 N–H and O–H groups in total. The molecule has 0 aromatic heterocycles. The lowest BCUT2D eigenvalue weighted by molar-refractivity contribution is -0.137. The first-order valence-corrected chi connectivity index (χ1v) is 9.46. The average Bonchev–Trinajstić information content (AvgIpc) is 2.71. The predicted octanol–water partition coefficient (Wildman–Crippen LogP) is 4.57. The van der Waals surface area contributed by atoms with Crippen molar-refractivity contribution >= 4 is 29.9 Å². The van der Waals surface area contributed by atoms with E-state index in [4.69, 9.17) is 4.74 Å². The smallest absolute Gasteiger partial charge is 0.416 e. The molecule has 2 aromatic carbocycles. The topological polar surface area (TPSA) is 57.1 Å². The van der Waals surface area contributed by atoms with Crippen molar-refractivity contribution in [2.75, 3.05) is 26.2 Å². The molecule has 3 rings (SSSR count). The Labute approximate surface area is 191 Å². The fraction of sp³-hybridized carbons (Fsp3) is 0.381. The number of phenolic OH excluding ortho intramolecular Hbond substituents is 1. The number of nitrogens with zero attached hydrogens (tertiary/aromatic N) is 2. The number of halogens is 4. The van der Waals surface area contributed by atoms with Gasteiger partial charge in [0.1, 0.15) is 11.9 Å². The summed E-state index contributed by atoms with van der Waals surface area (Å²) in [6.07, 6.45) is -4.86. The molecule has 9 heteroatoms. The molecule has 0 saturated carbocycles. The quantitative estimate of drug-likeness (QED) is 0.343. The zero-order chi connectivity index (χ0) is 20.9. The van der Waals surface area contributed by atoms with Crippen LogP contribution in [0.2, 0.25) is 0 Å². The molecule has 1 unspecified atom stereocenters. The first-order valence-electron chi connectivity index (χ1n) is 9.46. The second-order valence-corrected chi connectivity index (χ2v) is 6.77. The lowest BCUT2D eigenvalue weighted by Crippen LogP contribution is -2.48. The highest BCUT2D eigenvalue weighted by atomic mass is 127. The zero-order valence-electron chi connectivity index (χ0n) is 16.5. The summed E-state index contributed by atoms with van der Waals surface area (Å²) in [7, 11) is 0. The lowest BCUT2D eigenvalue weighted by Gasteiger charge is -2.35.